The van der Waals surface area contributed by atoms with Crippen molar-refractivity contribution in [2.75, 3.05) is 19.6 Å². The van der Waals surface area contributed by atoms with Crippen LogP contribution in [0.1, 0.15) is 24.8 Å². The van der Waals surface area contributed by atoms with Crippen LogP contribution in [0.25, 0.3) is 10.9 Å². The zero-order valence-electron chi connectivity index (χ0n) is 14.5. The van der Waals surface area contributed by atoms with Gasteiger partial charge in [-0.25, -0.2) is 4.79 Å². The maximum absolute atomic E-state index is 12.8. The molecule has 1 aromatic carbocycles. The second kappa shape index (κ2) is 6.10. The van der Waals surface area contributed by atoms with Crippen LogP contribution in [0.5, 0.6) is 0 Å². The third-order valence-corrected chi connectivity index (χ3v) is 5.44. The number of ether oxygens (including phenoxy) is 1. The summed E-state index contributed by atoms with van der Waals surface area (Å²) in [7, 11) is 2.01. The number of aromatic nitrogens is 1. The van der Waals surface area contributed by atoms with Crippen LogP contribution in [0.15, 0.2) is 30.5 Å². The summed E-state index contributed by atoms with van der Waals surface area (Å²) in [5.41, 5.74) is 1.78. The summed E-state index contributed by atoms with van der Waals surface area (Å²) in [6.45, 7) is 1.92. The summed E-state index contributed by atoms with van der Waals surface area (Å²) < 4.78 is 7.55. The van der Waals surface area contributed by atoms with Crippen LogP contribution in [0.3, 0.4) is 0 Å². The molecular weight excluding hydrogens is 318 g/mol. The topological polar surface area (TPSA) is 63.6 Å². The van der Waals surface area contributed by atoms with Gasteiger partial charge in [-0.05, 0) is 24.5 Å². The van der Waals surface area contributed by atoms with E-state index in [2.05, 4.69) is 22.0 Å². The highest BCUT2D eigenvalue weighted by Crippen LogP contribution is 2.30. The van der Waals surface area contributed by atoms with Gasteiger partial charge in [0, 0.05) is 43.7 Å². The smallest absolute Gasteiger partial charge is 0.407 e. The molecule has 25 heavy (non-hydrogen) atoms. The molecule has 2 saturated heterocycles. The van der Waals surface area contributed by atoms with Gasteiger partial charge in [-0.3, -0.25) is 4.79 Å². The van der Waals surface area contributed by atoms with E-state index in [9.17, 15) is 9.59 Å². The second-order valence-corrected chi connectivity index (χ2v) is 7.12. The number of nitrogens with zero attached hydrogens (tertiary/aromatic N) is 2. The van der Waals surface area contributed by atoms with Crippen LogP contribution in [0, 0.1) is 0 Å². The number of amides is 2. The van der Waals surface area contributed by atoms with Crippen LogP contribution in [0.4, 0.5) is 4.79 Å². The third-order valence-electron chi connectivity index (χ3n) is 5.44. The van der Waals surface area contributed by atoms with Gasteiger partial charge in [0.1, 0.15) is 5.60 Å². The van der Waals surface area contributed by atoms with Crippen molar-refractivity contribution >= 4 is 22.9 Å². The molecule has 1 spiro atoms. The summed E-state index contributed by atoms with van der Waals surface area (Å²) >= 11 is 0. The van der Waals surface area contributed by atoms with E-state index in [4.69, 9.17) is 4.74 Å². The molecule has 0 radical (unpaired) electrons. The summed E-state index contributed by atoms with van der Waals surface area (Å²) in [4.78, 5) is 26.1. The zero-order chi connectivity index (χ0) is 17.4. The number of nitrogens with one attached hydrogen (secondary N) is 1. The highest BCUT2D eigenvalue weighted by Gasteiger charge is 2.41. The number of fused-ring (bicyclic) bond motifs is 1. The average molecular weight is 341 g/mol. The van der Waals surface area contributed by atoms with Gasteiger partial charge in [0.05, 0.1) is 13.0 Å². The Morgan fingerprint density at radius 2 is 2.12 bits per heavy atom. The van der Waals surface area contributed by atoms with Gasteiger partial charge >= 0.3 is 6.09 Å². The quantitative estimate of drug-likeness (QED) is 0.911. The molecule has 0 bridgehead atoms. The second-order valence-electron chi connectivity index (χ2n) is 7.12. The first-order valence-electron chi connectivity index (χ1n) is 8.84. The third kappa shape index (κ3) is 2.97. The minimum absolute atomic E-state index is 0.144. The molecule has 2 aliphatic heterocycles. The SMILES string of the molecule is Cn1cc(CC(=O)N2CCCC3(CC2)CNC(=O)O3)c2ccccc21. The first kappa shape index (κ1) is 16.0. The van der Waals surface area contributed by atoms with Gasteiger partial charge in [-0.2, -0.15) is 0 Å². The van der Waals surface area contributed by atoms with Gasteiger partial charge in [0.25, 0.3) is 0 Å². The normalized spacial score (nSPS) is 23.6. The minimum atomic E-state index is -0.425. The molecule has 0 saturated carbocycles. The summed E-state index contributed by atoms with van der Waals surface area (Å²) in [6.07, 6.45) is 4.49. The van der Waals surface area contributed by atoms with Crippen LogP contribution in [0.2, 0.25) is 0 Å². The molecule has 2 aliphatic rings. The Kier molecular flexibility index (Phi) is 3.90. The van der Waals surface area contributed by atoms with Crippen molar-refractivity contribution in [2.45, 2.75) is 31.3 Å². The molecule has 2 amide bonds. The number of para-hydroxylation sites is 1. The number of aryl methyl sites for hydroxylation is 1. The predicted octanol–water partition coefficient (Wildman–Crippen LogP) is 2.21. The molecule has 0 aliphatic carbocycles. The van der Waals surface area contributed by atoms with E-state index in [1.165, 1.54) is 0 Å². The number of likely N-dealkylation sites (tertiary alicyclic amines) is 1. The predicted molar refractivity (Wildman–Crippen MR) is 94.3 cm³/mol. The lowest BCUT2D eigenvalue weighted by molar-refractivity contribution is -0.130. The number of carbonyl (C=O) groups is 2. The highest BCUT2D eigenvalue weighted by atomic mass is 16.6. The molecule has 132 valence electrons. The minimum Gasteiger partial charge on any atom is -0.441 e. The number of benzene rings is 1. The number of rotatable bonds is 2. The number of hydrogen-bond acceptors (Lipinski definition) is 3. The molecule has 6 nitrogen and oxygen atoms in total. The Morgan fingerprint density at radius 3 is 2.92 bits per heavy atom. The maximum atomic E-state index is 12.8. The summed E-state index contributed by atoms with van der Waals surface area (Å²) in [5.74, 6) is 0.144. The molecule has 3 heterocycles. The molecule has 2 aromatic rings. The molecule has 1 atom stereocenters. The Hall–Kier alpha value is -2.50. The maximum Gasteiger partial charge on any atom is 0.407 e. The lowest BCUT2D eigenvalue weighted by Crippen LogP contribution is -2.37. The molecule has 6 heteroatoms. The van der Waals surface area contributed by atoms with E-state index in [-0.39, 0.29) is 12.0 Å². The van der Waals surface area contributed by atoms with Crippen LogP contribution in [-0.4, -0.2) is 46.7 Å². The van der Waals surface area contributed by atoms with E-state index < -0.39 is 5.60 Å². The number of carbonyl (C=O) groups excluding carboxylic acids is 2. The largest absolute Gasteiger partial charge is 0.441 e. The van der Waals surface area contributed by atoms with Gasteiger partial charge in [0.15, 0.2) is 0 Å². The number of hydrogen-bond donors (Lipinski definition) is 1. The van der Waals surface area contributed by atoms with Gasteiger partial charge < -0.3 is 19.5 Å². The first-order chi connectivity index (χ1) is 12.1. The fraction of sp³-hybridized carbons (Fsp3) is 0.474. The van der Waals surface area contributed by atoms with E-state index >= 15 is 0 Å². The van der Waals surface area contributed by atoms with Gasteiger partial charge in [0.2, 0.25) is 5.91 Å². The van der Waals surface area contributed by atoms with E-state index in [1.807, 2.05) is 30.3 Å². The van der Waals surface area contributed by atoms with Crippen LogP contribution in [-0.2, 0) is 23.0 Å². The Labute approximate surface area is 146 Å². The zero-order valence-corrected chi connectivity index (χ0v) is 14.5. The highest BCUT2D eigenvalue weighted by molar-refractivity contribution is 5.89. The summed E-state index contributed by atoms with van der Waals surface area (Å²) in [5, 5.41) is 3.88. The van der Waals surface area contributed by atoms with Crippen molar-refractivity contribution in [1.82, 2.24) is 14.8 Å². The lowest BCUT2D eigenvalue weighted by Gasteiger charge is -2.25. The Bertz CT molecular complexity index is 828. The van der Waals surface area contributed by atoms with Crippen molar-refractivity contribution in [3.63, 3.8) is 0 Å². The molecular formula is C19H23N3O3. The average Bonchev–Trinajstić information content (AvgIpc) is 3.03. The fourth-order valence-electron chi connectivity index (χ4n) is 4.04. The lowest BCUT2D eigenvalue weighted by atomic mass is 9.95. The van der Waals surface area contributed by atoms with Crippen molar-refractivity contribution in [2.24, 2.45) is 7.05 Å². The summed E-state index contributed by atoms with van der Waals surface area (Å²) in [6, 6.07) is 8.16. The Balaban J connectivity index is 1.47. The first-order valence-corrected chi connectivity index (χ1v) is 8.84. The number of alkyl carbamates (subject to hydrolysis) is 1. The van der Waals surface area contributed by atoms with Crippen LogP contribution >= 0.6 is 0 Å². The molecule has 2 fully saturated rings. The van der Waals surface area contributed by atoms with Gasteiger partial charge in [-0.15, -0.1) is 0 Å². The molecule has 1 aromatic heterocycles. The van der Waals surface area contributed by atoms with E-state index in [0.29, 0.717) is 25.9 Å². The monoisotopic (exact) mass is 341 g/mol. The van der Waals surface area contributed by atoms with E-state index in [0.717, 1.165) is 35.9 Å². The van der Waals surface area contributed by atoms with Crippen molar-refractivity contribution < 1.29 is 14.3 Å². The van der Waals surface area contributed by atoms with Gasteiger partial charge in [-0.1, -0.05) is 18.2 Å². The molecule has 4 rings (SSSR count). The standard InChI is InChI=1S/C19H23N3O3/c1-21-12-14(15-5-2-3-6-16(15)21)11-17(23)22-9-4-7-19(8-10-22)13-20-18(24)25-19/h2-3,5-6,12H,4,7-11,13H2,1H3,(H,20,24). The molecule has 1 N–H and O–H groups in total. The van der Waals surface area contributed by atoms with Crippen molar-refractivity contribution in [3.8, 4) is 0 Å². The molecule has 1 unspecified atom stereocenters. The van der Waals surface area contributed by atoms with Crippen molar-refractivity contribution in [3.05, 3.63) is 36.0 Å². The fourth-order valence-corrected chi connectivity index (χ4v) is 4.04. The van der Waals surface area contributed by atoms with E-state index in [1.54, 1.807) is 0 Å². The van der Waals surface area contributed by atoms with Crippen molar-refractivity contribution in [1.29, 1.82) is 0 Å². The van der Waals surface area contributed by atoms with Crippen LogP contribution < -0.4 is 5.32 Å². The Morgan fingerprint density at radius 1 is 1.28 bits per heavy atom.